The van der Waals surface area contributed by atoms with Crippen molar-refractivity contribution in [1.82, 2.24) is 14.9 Å². The Kier molecular flexibility index (Phi) is 5.38. The number of aliphatic carboxylic acids is 1. The highest BCUT2D eigenvalue weighted by atomic mass is 19.1. The van der Waals surface area contributed by atoms with Crippen LogP contribution in [0.1, 0.15) is 62.9 Å². The number of H-pyrrole nitrogens is 1. The normalized spacial score (nSPS) is 27.3. The minimum atomic E-state index is -0.839. The molecule has 28 heavy (non-hydrogen) atoms. The Balaban J connectivity index is 1.55. The molecule has 7 heteroatoms. The molecular weight excluding hydrogens is 359 g/mol. The van der Waals surface area contributed by atoms with Gasteiger partial charge in [-0.2, -0.15) is 0 Å². The lowest BCUT2D eigenvalue weighted by molar-refractivity contribution is -0.142. The molecule has 2 atom stereocenters. The first kappa shape index (κ1) is 19.3. The molecule has 2 fully saturated rings. The van der Waals surface area contributed by atoms with Crippen molar-refractivity contribution in [1.29, 1.82) is 0 Å². The van der Waals surface area contributed by atoms with Crippen LogP contribution in [0.2, 0.25) is 0 Å². The Labute approximate surface area is 164 Å². The maximum Gasteiger partial charge on any atom is 0.320 e. The fourth-order valence-electron chi connectivity index (χ4n) is 4.76. The number of aromatic nitrogens is 2. The van der Waals surface area contributed by atoms with Crippen molar-refractivity contribution in [3.05, 3.63) is 29.3 Å². The number of carboxylic acids is 1. The van der Waals surface area contributed by atoms with Crippen molar-refractivity contribution in [3.63, 3.8) is 0 Å². The molecule has 0 amide bonds. The van der Waals surface area contributed by atoms with Gasteiger partial charge in [-0.15, -0.1) is 0 Å². The van der Waals surface area contributed by atoms with Gasteiger partial charge in [0.05, 0.1) is 11.6 Å². The molecule has 4 N–H and O–H groups in total. The van der Waals surface area contributed by atoms with Crippen molar-refractivity contribution >= 4 is 17.0 Å². The van der Waals surface area contributed by atoms with E-state index in [9.17, 15) is 9.90 Å². The van der Waals surface area contributed by atoms with Gasteiger partial charge in [0, 0.05) is 12.1 Å². The number of hydrogen-bond acceptors (Lipinski definition) is 4. The van der Waals surface area contributed by atoms with Gasteiger partial charge < -0.3 is 15.8 Å². The maximum atomic E-state index is 15.1. The number of fused-ring (bicyclic) bond motifs is 1. The Morgan fingerprint density at radius 1 is 1.36 bits per heavy atom. The first-order valence-electron chi connectivity index (χ1n) is 10.3. The number of nitrogens with two attached hydrogens (primary N) is 1. The van der Waals surface area contributed by atoms with Gasteiger partial charge >= 0.3 is 5.97 Å². The number of imidazole rings is 1. The van der Waals surface area contributed by atoms with Crippen molar-refractivity contribution in [3.8, 4) is 0 Å². The van der Waals surface area contributed by atoms with Crippen molar-refractivity contribution in [2.45, 2.75) is 64.1 Å². The second-order valence-corrected chi connectivity index (χ2v) is 8.57. The lowest BCUT2D eigenvalue weighted by Gasteiger charge is -2.29. The van der Waals surface area contributed by atoms with Crippen LogP contribution in [-0.2, 0) is 11.3 Å². The SMILES string of the molecule is CC1CCC([C@H](N)c2nc3c(F)c(CN4CCC[C@@H]4C(=O)O)ccc3[nH]2)CC1. The van der Waals surface area contributed by atoms with Gasteiger partial charge in [0.2, 0.25) is 0 Å². The molecule has 1 aromatic heterocycles. The summed E-state index contributed by atoms with van der Waals surface area (Å²) in [6, 6.07) is 2.81. The summed E-state index contributed by atoms with van der Waals surface area (Å²) < 4.78 is 15.1. The van der Waals surface area contributed by atoms with Crippen LogP contribution in [0.4, 0.5) is 4.39 Å². The number of hydrogen-bond donors (Lipinski definition) is 3. The molecule has 6 nitrogen and oxygen atoms in total. The van der Waals surface area contributed by atoms with E-state index in [2.05, 4.69) is 16.9 Å². The standard InChI is InChI=1S/C21H29FN4O2/c1-12-4-6-13(7-5-12)18(23)20-24-15-9-8-14(17(22)19(15)25-20)11-26-10-2-3-16(26)21(27)28/h8-9,12-13,16,18H,2-7,10-11,23H2,1H3,(H,24,25)(H,27,28)/t12?,13?,16-,18+/m1/s1. The van der Waals surface area contributed by atoms with Crippen LogP contribution < -0.4 is 5.73 Å². The number of nitrogens with one attached hydrogen (secondary N) is 1. The predicted octanol–water partition coefficient (Wildman–Crippen LogP) is 3.58. The topological polar surface area (TPSA) is 95.2 Å². The van der Waals surface area contributed by atoms with E-state index in [1.165, 1.54) is 12.8 Å². The van der Waals surface area contributed by atoms with Gasteiger partial charge in [0.1, 0.15) is 17.4 Å². The van der Waals surface area contributed by atoms with Crippen molar-refractivity contribution < 1.29 is 14.3 Å². The lowest BCUT2D eigenvalue weighted by Crippen LogP contribution is -2.35. The van der Waals surface area contributed by atoms with Crippen LogP contribution in [0.25, 0.3) is 11.0 Å². The minimum Gasteiger partial charge on any atom is -0.480 e. The molecule has 1 aliphatic carbocycles. The fraction of sp³-hybridized carbons (Fsp3) is 0.619. The molecule has 2 aliphatic rings. The summed E-state index contributed by atoms with van der Waals surface area (Å²) in [6.07, 6.45) is 5.95. The monoisotopic (exact) mass is 388 g/mol. The highest BCUT2D eigenvalue weighted by Crippen LogP contribution is 2.35. The third-order valence-corrected chi connectivity index (χ3v) is 6.60. The molecular formula is C21H29FN4O2. The van der Waals surface area contributed by atoms with Crippen LogP contribution in [0.15, 0.2) is 12.1 Å². The number of rotatable bonds is 5. The molecule has 1 saturated carbocycles. The zero-order valence-electron chi connectivity index (χ0n) is 16.3. The summed E-state index contributed by atoms with van der Waals surface area (Å²) in [7, 11) is 0. The highest BCUT2D eigenvalue weighted by molar-refractivity contribution is 5.77. The van der Waals surface area contributed by atoms with Crippen molar-refractivity contribution in [2.75, 3.05) is 6.54 Å². The van der Waals surface area contributed by atoms with Crippen LogP contribution in [-0.4, -0.2) is 38.5 Å². The van der Waals surface area contributed by atoms with E-state index in [1.54, 1.807) is 6.07 Å². The zero-order valence-corrected chi connectivity index (χ0v) is 16.3. The van der Waals surface area contributed by atoms with Crippen LogP contribution in [0.3, 0.4) is 0 Å². The van der Waals surface area contributed by atoms with Crippen molar-refractivity contribution in [2.24, 2.45) is 17.6 Å². The number of carboxylic acid groups (broad SMARTS) is 1. The molecule has 0 bridgehead atoms. The molecule has 1 aromatic carbocycles. The first-order valence-corrected chi connectivity index (χ1v) is 10.3. The summed E-state index contributed by atoms with van der Waals surface area (Å²) in [5.41, 5.74) is 7.90. The Bertz CT molecular complexity index is 859. The smallest absolute Gasteiger partial charge is 0.320 e. The van der Waals surface area contributed by atoms with Gasteiger partial charge in [0.25, 0.3) is 0 Å². The molecule has 1 saturated heterocycles. The van der Waals surface area contributed by atoms with E-state index in [0.29, 0.717) is 41.3 Å². The van der Waals surface area contributed by atoms with Crippen LogP contribution in [0.5, 0.6) is 0 Å². The zero-order chi connectivity index (χ0) is 19.8. The Morgan fingerprint density at radius 2 is 2.11 bits per heavy atom. The van der Waals surface area contributed by atoms with E-state index in [1.807, 2.05) is 11.0 Å². The number of carbonyl (C=O) groups is 1. The fourth-order valence-corrected chi connectivity index (χ4v) is 4.76. The Hall–Kier alpha value is -1.99. The highest BCUT2D eigenvalue weighted by Gasteiger charge is 2.31. The third kappa shape index (κ3) is 3.65. The van der Waals surface area contributed by atoms with E-state index in [0.717, 1.165) is 25.2 Å². The van der Waals surface area contributed by atoms with E-state index >= 15 is 4.39 Å². The van der Waals surface area contributed by atoms with E-state index in [4.69, 9.17) is 5.73 Å². The Morgan fingerprint density at radius 3 is 2.82 bits per heavy atom. The summed E-state index contributed by atoms with van der Waals surface area (Å²) in [4.78, 5) is 20.9. The number of likely N-dealkylation sites (tertiary alicyclic amines) is 1. The average Bonchev–Trinajstić information content (AvgIpc) is 3.31. The maximum absolute atomic E-state index is 15.1. The molecule has 1 aliphatic heterocycles. The van der Waals surface area contributed by atoms with Gasteiger partial charge in [-0.3, -0.25) is 9.69 Å². The number of aromatic amines is 1. The first-order chi connectivity index (χ1) is 13.4. The second kappa shape index (κ2) is 7.79. The summed E-state index contributed by atoms with van der Waals surface area (Å²) in [5, 5.41) is 9.34. The molecule has 0 radical (unpaired) electrons. The third-order valence-electron chi connectivity index (χ3n) is 6.60. The minimum absolute atomic E-state index is 0.210. The number of benzene rings is 1. The summed E-state index contributed by atoms with van der Waals surface area (Å²) in [6.45, 7) is 3.23. The molecule has 0 spiro atoms. The van der Waals surface area contributed by atoms with E-state index in [-0.39, 0.29) is 18.4 Å². The number of halogens is 1. The lowest BCUT2D eigenvalue weighted by atomic mass is 9.79. The average molecular weight is 388 g/mol. The molecule has 2 heterocycles. The second-order valence-electron chi connectivity index (χ2n) is 8.57. The molecule has 0 unspecified atom stereocenters. The molecule has 4 rings (SSSR count). The van der Waals surface area contributed by atoms with E-state index < -0.39 is 12.0 Å². The largest absolute Gasteiger partial charge is 0.480 e. The van der Waals surface area contributed by atoms with Gasteiger partial charge in [-0.1, -0.05) is 25.8 Å². The van der Waals surface area contributed by atoms with Gasteiger partial charge in [-0.25, -0.2) is 9.37 Å². The van der Waals surface area contributed by atoms with Gasteiger partial charge in [0.15, 0.2) is 5.82 Å². The summed E-state index contributed by atoms with van der Waals surface area (Å²) >= 11 is 0. The van der Waals surface area contributed by atoms with Crippen LogP contribution >= 0.6 is 0 Å². The predicted molar refractivity (Wildman–Crippen MR) is 105 cm³/mol. The molecule has 152 valence electrons. The van der Waals surface area contributed by atoms with Gasteiger partial charge in [-0.05, 0) is 50.1 Å². The molecule has 2 aromatic rings. The quantitative estimate of drug-likeness (QED) is 0.728. The summed E-state index contributed by atoms with van der Waals surface area (Å²) in [5.74, 6) is 0.559. The number of nitrogens with zero attached hydrogens (tertiary/aromatic N) is 2. The van der Waals surface area contributed by atoms with Crippen LogP contribution in [0, 0.1) is 17.7 Å².